The Kier molecular flexibility index (Phi) is 7.88. The molecule has 1 heterocycles. The molecule has 4 rings (SSSR count). The van der Waals surface area contributed by atoms with E-state index in [0.29, 0.717) is 17.7 Å². The number of carbonyl (C=O) groups excluding carboxylic acids is 2. The number of aryl methyl sites for hydroxylation is 1. The summed E-state index contributed by atoms with van der Waals surface area (Å²) in [6, 6.07) is 23.2. The van der Waals surface area contributed by atoms with E-state index in [-0.39, 0.29) is 24.7 Å². The highest BCUT2D eigenvalue weighted by Gasteiger charge is 2.54. The number of esters is 1. The normalized spacial score (nSPS) is 18.9. The molecule has 1 amide bonds. The van der Waals surface area contributed by atoms with Gasteiger partial charge in [0.05, 0.1) is 24.8 Å². The quantitative estimate of drug-likeness (QED) is 0.300. The minimum atomic E-state index is -1.30. The van der Waals surface area contributed by atoms with Crippen molar-refractivity contribution in [3.05, 3.63) is 89.7 Å². The van der Waals surface area contributed by atoms with E-state index < -0.39 is 23.2 Å². The summed E-state index contributed by atoms with van der Waals surface area (Å²) >= 11 is 0. The average molecular weight is 501 g/mol. The Morgan fingerprint density at radius 2 is 1.81 bits per heavy atom. The van der Waals surface area contributed by atoms with Gasteiger partial charge in [0.15, 0.2) is 11.6 Å². The highest BCUT2D eigenvalue weighted by molar-refractivity contribution is 6.04. The van der Waals surface area contributed by atoms with E-state index in [1.54, 1.807) is 48.2 Å². The van der Waals surface area contributed by atoms with Crippen molar-refractivity contribution in [1.29, 1.82) is 5.26 Å². The molecule has 1 aliphatic heterocycles. The molecule has 0 aromatic heterocycles. The SMILES string of the molecule is COC(=O)[C@@]1(C)C[C@@H](COc2ccc(-c3ccc(C#N)cc3)cc2F)N(CCCc2ccccc2)C1=O. The van der Waals surface area contributed by atoms with Gasteiger partial charge in [0.1, 0.15) is 12.0 Å². The number of amides is 1. The lowest BCUT2D eigenvalue weighted by Crippen LogP contribution is -2.41. The van der Waals surface area contributed by atoms with Gasteiger partial charge in [-0.25, -0.2) is 4.39 Å². The summed E-state index contributed by atoms with van der Waals surface area (Å²) in [5.41, 5.74) is 1.84. The maximum absolute atomic E-state index is 14.9. The van der Waals surface area contributed by atoms with E-state index in [0.717, 1.165) is 18.4 Å². The second-order valence-electron chi connectivity index (χ2n) is 9.41. The molecule has 1 fully saturated rings. The average Bonchev–Trinajstić information content (AvgIpc) is 3.18. The Labute approximate surface area is 216 Å². The van der Waals surface area contributed by atoms with E-state index in [1.807, 2.05) is 30.3 Å². The highest BCUT2D eigenvalue weighted by atomic mass is 19.1. The fourth-order valence-electron chi connectivity index (χ4n) is 4.80. The maximum atomic E-state index is 14.9. The van der Waals surface area contributed by atoms with E-state index in [2.05, 4.69) is 6.07 Å². The van der Waals surface area contributed by atoms with Gasteiger partial charge in [0.25, 0.3) is 0 Å². The lowest BCUT2D eigenvalue weighted by atomic mass is 9.87. The molecule has 0 unspecified atom stereocenters. The van der Waals surface area contributed by atoms with Gasteiger partial charge in [-0.2, -0.15) is 5.26 Å². The standard InChI is InChI=1S/C30H29FN2O4/c1-30(29(35)36-2)18-25(33(28(30)34)16-6-9-21-7-4-3-5-8-21)20-37-27-15-14-24(17-26(27)31)23-12-10-22(19-32)11-13-23/h3-5,7-8,10-15,17,25H,6,9,16,18,20H2,1-2H3/t25-,30-/m0/s1. The Morgan fingerprint density at radius 3 is 2.46 bits per heavy atom. The Morgan fingerprint density at radius 1 is 1.11 bits per heavy atom. The summed E-state index contributed by atoms with van der Waals surface area (Å²) in [6.07, 6.45) is 1.74. The fraction of sp³-hybridized carbons (Fsp3) is 0.300. The van der Waals surface area contributed by atoms with Gasteiger partial charge in [-0.1, -0.05) is 48.5 Å². The first-order valence-corrected chi connectivity index (χ1v) is 12.2. The van der Waals surface area contributed by atoms with Crippen LogP contribution in [0.25, 0.3) is 11.1 Å². The zero-order valence-corrected chi connectivity index (χ0v) is 20.9. The highest BCUT2D eigenvalue weighted by Crippen LogP contribution is 2.38. The third kappa shape index (κ3) is 5.64. The van der Waals surface area contributed by atoms with Crippen molar-refractivity contribution in [2.24, 2.45) is 5.41 Å². The number of nitriles is 1. The number of benzene rings is 3. The minimum absolute atomic E-state index is 0.0524. The predicted molar refractivity (Wildman–Crippen MR) is 137 cm³/mol. The molecule has 190 valence electrons. The summed E-state index contributed by atoms with van der Waals surface area (Å²) in [5.74, 6) is -1.33. The second kappa shape index (κ2) is 11.3. The van der Waals surface area contributed by atoms with Gasteiger partial charge in [0, 0.05) is 6.54 Å². The van der Waals surface area contributed by atoms with Gasteiger partial charge in [-0.3, -0.25) is 9.59 Å². The molecule has 1 saturated heterocycles. The summed E-state index contributed by atoms with van der Waals surface area (Å²) in [6.45, 7) is 2.10. The zero-order valence-electron chi connectivity index (χ0n) is 20.9. The lowest BCUT2D eigenvalue weighted by Gasteiger charge is -2.25. The Hall–Kier alpha value is -4.18. The predicted octanol–water partition coefficient (Wildman–Crippen LogP) is 5.16. The smallest absolute Gasteiger partial charge is 0.321 e. The molecule has 2 atom stereocenters. The molecule has 3 aromatic rings. The van der Waals surface area contributed by atoms with Crippen LogP contribution < -0.4 is 4.74 Å². The van der Waals surface area contributed by atoms with E-state index in [1.165, 1.54) is 18.7 Å². The number of carbonyl (C=O) groups is 2. The first-order valence-electron chi connectivity index (χ1n) is 12.2. The van der Waals surface area contributed by atoms with E-state index in [9.17, 15) is 14.0 Å². The van der Waals surface area contributed by atoms with Crippen molar-refractivity contribution < 1.29 is 23.5 Å². The molecule has 7 heteroatoms. The number of hydrogen-bond acceptors (Lipinski definition) is 5. The molecule has 0 bridgehead atoms. The van der Waals surface area contributed by atoms with Crippen LogP contribution in [0.1, 0.15) is 30.9 Å². The van der Waals surface area contributed by atoms with Crippen molar-refractivity contribution >= 4 is 11.9 Å². The summed E-state index contributed by atoms with van der Waals surface area (Å²) in [4.78, 5) is 27.4. The number of hydrogen-bond donors (Lipinski definition) is 0. The van der Waals surface area contributed by atoms with Crippen LogP contribution in [0.5, 0.6) is 5.75 Å². The first-order chi connectivity index (χ1) is 17.9. The van der Waals surface area contributed by atoms with Crippen LogP contribution >= 0.6 is 0 Å². The van der Waals surface area contributed by atoms with Gasteiger partial charge >= 0.3 is 5.97 Å². The van der Waals surface area contributed by atoms with Crippen LogP contribution in [0.3, 0.4) is 0 Å². The lowest BCUT2D eigenvalue weighted by molar-refractivity contribution is -0.157. The molecule has 0 aliphatic carbocycles. The Bertz CT molecular complexity index is 1300. The number of rotatable bonds is 9. The summed E-state index contributed by atoms with van der Waals surface area (Å²) in [5, 5.41) is 8.96. The molecule has 37 heavy (non-hydrogen) atoms. The topological polar surface area (TPSA) is 79.6 Å². The third-order valence-corrected chi connectivity index (χ3v) is 6.87. The molecule has 1 aliphatic rings. The van der Waals surface area contributed by atoms with Crippen LogP contribution in [0.2, 0.25) is 0 Å². The van der Waals surface area contributed by atoms with Crippen molar-refractivity contribution in [1.82, 2.24) is 4.90 Å². The van der Waals surface area contributed by atoms with Crippen molar-refractivity contribution in [2.45, 2.75) is 32.2 Å². The van der Waals surface area contributed by atoms with E-state index >= 15 is 0 Å². The van der Waals surface area contributed by atoms with Crippen LogP contribution in [-0.2, 0) is 20.7 Å². The number of ether oxygens (including phenoxy) is 2. The van der Waals surface area contributed by atoms with Crippen LogP contribution in [0, 0.1) is 22.6 Å². The van der Waals surface area contributed by atoms with Crippen molar-refractivity contribution in [3.8, 4) is 22.9 Å². The van der Waals surface area contributed by atoms with Crippen LogP contribution in [0.4, 0.5) is 4.39 Å². The molecule has 3 aromatic carbocycles. The number of nitrogens with zero attached hydrogens (tertiary/aromatic N) is 2. The molecular weight excluding hydrogens is 471 g/mol. The summed E-state index contributed by atoms with van der Waals surface area (Å²) < 4.78 is 25.7. The fourth-order valence-corrected chi connectivity index (χ4v) is 4.80. The van der Waals surface area contributed by atoms with Gasteiger partial charge < -0.3 is 14.4 Å². The molecule has 0 saturated carbocycles. The molecule has 0 spiro atoms. The van der Waals surface area contributed by atoms with Crippen molar-refractivity contribution in [2.75, 3.05) is 20.3 Å². The minimum Gasteiger partial charge on any atom is -0.488 e. The van der Waals surface area contributed by atoms with Gasteiger partial charge in [-0.05, 0) is 67.1 Å². The Balaban J connectivity index is 1.46. The largest absolute Gasteiger partial charge is 0.488 e. The van der Waals surface area contributed by atoms with Crippen molar-refractivity contribution in [3.63, 3.8) is 0 Å². The third-order valence-electron chi connectivity index (χ3n) is 6.87. The number of halogens is 1. The second-order valence-corrected chi connectivity index (χ2v) is 9.41. The maximum Gasteiger partial charge on any atom is 0.321 e. The summed E-state index contributed by atoms with van der Waals surface area (Å²) in [7, 11) is 1.27. The molecule has 6 nitrogen and oxygen atoms in total. The number of methoxy groups -OCH3 is 1. The van der Waals surface area contributed by atoms with Gasteiger partial charge in [-0.15, -0.1) is 0 Å². The monoisotopic (exact) mass is 500 g/mol. The molecule has 0 radical (unpaired) electrons. The van der Waals surface area contributed by atoms with Crippen LogP contribution in [0.15, 0.2) is 72.8 Å². The van der Waals surface area contributed by atoms with Crippen LogP contribution in [-0.4, -0.2) is 43.1 Å². The van der Waals surface area contributed by atoms with E-state index in [4.69, 9.17) is 14.7 Å². The first kappa shape index (κ1) is 25.9. The number of likely N-dealkylation sites (tertiary alicyclic amines) is 1. The molecule has 0 N–H and O–H groups in total. The van der Waals surface area contributed by atoms with Gasteiger partial charge in [0.2, 0.25) is 5.91 Å². The zero-order chi connectivity index (χ0) is 26.4. The molecular formula is C30H29FN2O4.